The van der Waals surface area contributed by atoms with Gasteiger partial charge in [0.2, 0.25) is 11.6 Å². The van der Waals surface area contributed by atoms with Crippen LogP contribution in [0.4, 0.5) is 0 Å². The third-order valence-electron chi connectivity index (χ3n) is 4.66. The maximum Gasteiger partial charge on any atom is 0.308 e. The molecule has 0 N–H and O–H groups in total. The summed E-state index contributed by atoms with van der Waals surface area (Å²) >= 11 is 0. The van der Waals surface area contributed by atoms with Gasteiger partial charge < -0.3 is 9.47 Å². The monoisotopic (exact) mass is 380 g/mol. The molecule has 0 atom stereocenters. The highest BCUT2D eigenvalue weighted by Crippen LogP contribution is 2.45. The summed E-state index contributed by atoms with van der Waals surface area (Å²) in [5.74, 6) is -2.59. The molecule has 6 heteroatoms. The molecule has 0 aromatic heterocycles. The molecule has 2 aromatic carbocycles. The number of benzene rings is 2. The van der Waals surface area contributed by atoms with Crippen LogP contribution < -0.4 is 4.74 Å². The van der Waals surface area contributed by atoms with Crippen LogP contribution in [-0.4, -0.2) is 23.5 Å². The lowest BCUT2D eigenvalue weighted by Gasteiger charge is -2.28. The average molecular weight is 380 g/mol. The van der Waals surface area contributed by atoms with Gasteiger partial charge >= 0.3 is 11.9 Å². The zero-order valence-corrected chi connectivity index (χ0v) is 16.1. The highest BCUT2D eigenvalue weighted by molar-refractivity contribution is 6.32. The lowest BCUT2D eigenvalue weighted by Crippen LogP contribution is -2.43. The van der Waals surface area contributed by atoms with Gasteiger partial charge in [-0.25, -0.2) is 0 Å². The number of hydrogen-bond donors (Lipinski definition) is 0. The summed E-state index contributed by atoms with van der Waals surface area (Å²) in [5, 5.41) is 0. The van der Waals surface area contributed by atoms with Crippen LogP contribution in [0.15, 0.2) is 42.5 Å². The van der Waals surface area contributed by atoms with Gasteiger partial charge in [0.15, 0.2) is 0 Å². The van der Waals surface area contributed by atoms with E-state index >= 15 is 0 Å². The van der Waals surface area contributed by atoms with Crippen molar-refractivity contribution in [3.05, 3.63) is 64.7 Å². The zero-order valence-electron chi connectivity index (χ0n) is 16.1. The first kappa shape index (κ1) is 19.5. The van der Waals surface area contributed by atoms with Crippen LogP contribution >= 0.6 is 0 Å². The third kappa shape index (κ3) is 3.01. The molecule has 2 aromatic rings. The topological polar surface area (TPSA) is 86.7 Å². The lowest BCUT2D eigenvalue weighted by molar-refractivity contribution is -0.149. The Kier molecular flexibility index (Phi) is 4.89. The Morgan fingerprint density at radius 3 is 1.93 bits per heavy atom. The Labute approximate surface area is 162 Å². The van der Waals surface area contributed by atoms with Gasteiger partial charge in [-0.3, -0.25) is 19.2 Å². The van der Waals surface area contributed by atoms with Gasteiger partial charge in [0.1, 0.15) is 5.75 Å². The second kappa shape index (κ2) is 7.03. The molecule has 0 spiro atoms. The number of hydrogen-bond acceptors (Lipinski definition) is 6. The van der Waals surface area contributed by atoms with Crippen molar-refractivity contribution in [1.82, 2.24) is 0 Å². The number of ether oxygens (including phenoxy) is 2. The minimum Gasteiger partial charge on any atom is -0.437 e. The SMILES string of the molecule is CC(=O)Oc1cc(C(C)C)ccc1C1(OC(C)=O)C(=O)c2ccccc2C1=O. The van der Waals surface area contributed by atoms with Crippen molar-refractivity contribution in [2.45, 2.75) is 39.2 Å². The van der Waals surface area contributed by atoms with Crippen LogP contribution in [0.25, 0.3) is 0 Å². The maximum atomic E-state index is 13.3. The normalized spacial score (nSPS) is 14.8. The highest BCUT2D eigenvalue weighted by atomic mass is 16.6. The molecule has 0 saturated heterocycles. The molecular weight excluding hydrogens is 360 g/mol. The van der Waals surface area contributed by atoms with E-state index in [2.05, 4.69) is 0 Å². The van der Waals surface area contributed by atoms with E-state index in [1.54, 1.807) is 24.3 Å². The first-order chi connectivity index (χ1) is 13.2. The molecule has 144 valence electrons. The molecule has 28 heavy (non-hydrogen) atoms. The Hall–Kier alpha value is -3.28. The van der Waals surface area contributed by atoms with Crippen molar-refractivity contribution in [2.75, 3.05) is 0 Å². The van der Waals surface area contributed by atoms with Crippen molar-refractivity contribution in [2.24, 2.45) is 0 Å². The molecule has 0 radical (unpaired) electrons. The Morgan fingerprint density at radius 1 is 0.893 bits per heavy atom. The van der Waals surface area contributed by atoms with Crippen molar-refractivity contribution in [3.8, 4) is 5.75 Å². The first-order valence-electron chi connectivity index (χ1n) is 8.89. The van der Waals surface area contributed by atoms with Crippen molar-refractivity contribution < 1.29 is 28.7 Å². The summed E-state index contributed by atoms with van der Waals surface area (Å²) < 4.78 is 10.7. The van der Waals surface area contributed by atoms with Crippen molar-refractivity contribution >= 4 is 23.5 Å². The standard InChI is InChI=1S/C22H20O6/c1-12(2)15-9-10-18(19(11-15)27-13(3)23)22(28-14(4)24)20(25)16-7-5-6-8-17(16)21(22)26/h5-12H,1-4H3. The lowest BCUT2D eigenvalue weighted by atomic mass is 9.86. The minimum atomic E-state index is -2.21. The minimum absolute atomic E-state index is 0.0226. The van der Waals surface area contributed by atoms with E-state index in [0.717, 1.165) is 12.5 Å². The molecule has 1 aliphatic carbocycles. The fourth-order valence-corrected chi connectivity index (χ4v) is 3.40. The van der Waals surface area contributed by atoms with E-state index in [0.29, 0.717) is 0 Å². The van der Waals surface area contributed by atoms with Crippen molar-refractivity contribution in [3.63, 3.8) is 0 Å². The summed E-state index contributed by atoms with van der Waals surface area (Å²) in [7, 11) is 0. The van der Waals surface area contributed by atoms with Gasteiger partial charge in [-0.05, 0) is 23.6 Å². The van der Waals surface area contributed by atoms with E-state index in [4.69, 9.17) is 9.47 Å². The van der Waals surface area contributed by atoms with Gasteiger partial charge in [-0.2, -0.15) is 0 Å². The van der Waals surface area contributed by atoms with Gasteiger partial charge in [0.05, 0.1) is 5.56 Å². The second-order valence-corrected chi connectivity index (χ2v) is 6.98. The van der Waals surface area contributed by atoms with Gasteiger partial charge in [-0.1, -0.05) is 44.2 Å². The molecule has 0 unspecified atom stereocenters. The van der Waals surface area contributed by atoms with E-state index in [1.165, 1.54) is 25.1 Å². The largest absolute Gasteiger partial charge is 0.437 e. The summed E-state index contributed by atoms with van der Waals surface area (Å²) in [6.07, 6.45) is 0. The molecule has 0 saturated carbocycles. The third-order valence-corrected chi connectivity index (χ3v) is 4.66. The fourth-order valence-electron chi connectivity index (χ4n) is 3.40. The quantitative estimate of drug-likeness (QED) is 0.458. The number of carbonyl (C=O) groups excluding carboxylic acids is 4. The van der Waals surface area contributed by atoms with Crippen molar-refractivity contribution in [1.29, 1.82) is 0 Å². The Bertz CT molecular complexity index is 967. The average Bonchev–Trinajstić information content (AvgIpc) is 2.83. The smallest absolute Gasteiger partial charge is 0.308 e. The van der Waals surface area contributed by atoms with E-state index in [9.17, 15) is 19.2 Å². The van der Waals surface area contributed by atoms with E-state index in [1.807, 2.05) is 13.8 Å². The molecule has 0 bridgehead atoms. The first-order valence-corrected chi connectivity index (χ1v) is 8.89. The molecule has 0 fully saturated rings. The number of esters is 2. The fraction of sp³-hybridized carbons (Fsp3) is 0.273. The van der Waals surface area contributed by atoms with E-state index < -0.39 is 29.1 Å². The molecule has 0 amide bonds. The van der Waals surface area contributed by atoms with Gasteiger partial charge in [-0.15, -0.1) is 0 Å². The highest BCUT2D eigenvalue weighted by Gasteiger charge is 2.58. The molecule has 1 aliphatic rings. The number of rotatable bonds is 4. The van der Waals surface area contributed by atoms with E-state index in [-0.39, 0.29) is 28.4 Å². The molecule has 6 nitrogen and oxygen atoms in total. The summed E-state index contributed by atoms with van der Waals surface area (Å²) in [4.78, 5) is 50.1. The number of ketones is 2. The predicted octanol–water partition coefficient (Wildman–Crippen LogP) is 3.57. The van der Waals surface area contributed by atoms with Crippen LogP contribution in [0.5, 0.6) is 5.75 Å². The van der Waals surface area contributed by atoms with Gasteiger partial charge in [0, 0.05) is 25.0 Å². The number of Topliss-reactive ketones (excluding diaryl/α,β-unsaturated/α-hetero) is 2. The second-order valence-electron chi connectivity index (χ2n) is 6.98. The molecular formula is C22H20O6. The maximum absolute atomic E-state index is 13.3. The molecule has 0 heterocycles. The van der Waals surface area contributed by atoms with Crippen LogP contribution in [-0.2, 0) is 19.9 Å². The number of fused-ring (bicyclic) bond motifs is 1. The number of carbonyl (C=O) groups is 4. The van der Waals surface area contributed by atoms with Crippen LogP contribution in [0.2, 0.25) is 0 Å². The summed E-state index contributed by atoms with van der Waals surface area (Å²) in [6, 6.07) is 11.1. The summed E-state index contributed by atoms with van der Waals surface area (Å²) in [5.41, 5.74) is -1.01. The predicted molar refractivity (Wildman–Crippen MR) is 100 cm³/mol. The van der Waals surface area contributed by atoms with Crippen LogP contribution in [0.3, 0.4) is 0 Å². The van der Waals surface area contributed by atoms with Crippen LogP contribution in [0.1, 0.15) is 65.5 Å². The van der Waals surface area contributed by atoms with Gasteiger partial charge in [0.25, 0.3) is 5.60 Å². The molecule has 3 rings (SSSR count). The Morgan fingerprint density at radius 2 is 1.46 bits per heavy atom. The van der Waals surface area contributed by atoms with Crippen LogP contribution in [0, 0.1) is 0 Å². The zero-order chi connectivity index (χ0) is 20.6. The molecule has 0 aliphatic heterocycles. The summed E-state index contributed by atoms with van der Waals surface area (Å²) in [6.45, 7) is 6.25. The Balaban J connectivity index is 2.30.